The molecule has 0 aromatic heterocycles. The molecule has 0 saturated carbocycles. The predicted octanol–water partition coefficient (Wildman–Crippen LogP) is 2.62. The molecular weight excluding hydrogens is 203 g/mol. The highest BCUT2D eigenvalue weighted by Crippen LogP contribution is 2.50. The Balaban J connectivity index is 4.32. The molecule has 0 bridgehead atoms. The summed E-state index contributed by atoms with van der Waals surface area (Å²) in [6.07, 6.45) is 0.765. The highest BCUT2D eigenvalue weighted by Gasteiger charge is 2.26. The lowest BCUT2D eigenvalue weighted by molar-refractivity contribution is -0.107. The zero-order valence-corrected chi connectivity index (χ0v) is 10.1. The van der Waals surface area contributed by atoms with E-state index in [1.54, 1.807) is 27.7 Å². The van der Waals surface area contributed by atoms with Gasteiger partial charge in [0, 0.05) is 6.42 Å². The number of hydrogen-bond donors (Lipinski definition) is 0. The SMILES string of the molecule is CC(C)OP(=O)(CCC=O)OC(C)C. The van der Waals surface area contributed by atoms with Gasteiger partial charge in [-0.2, -0.15) is 0 Å². The van der Waals surface area contributed by atoms with Crippen LogP contribution in [0.3, 0.4) is 0 Å². The minimum atomic E-state index is -3.08. The Hall–Kier alpha value is -0.180. The van der Waals surface area contributed by atoms with Gasteiger partial charge in [-0.3, -0.25) is 4.57 Å². The molecule has 0 heterocycles. The quantitative estimate of drug-likeness (QED) is 0.490. The Kier molecular flexibility index (Phi) is 6.25. The molecule has 14 heavy (non-hydrogen) atoms. The average molecular weight is 222 g/mol. The van der Waals surface area contributed by atoms with Gasteiger partial charge >= 0.3 is 7.60 Å². The first-order valence-corrected chi connectivity index (χ1v) is 6.52. The standard InChI is InChI=1S/C9H19O4P/c1-8(2)12-14(11,7-5-6-10)13-9(3)4/h6,8-9H,5,7H2,1-4H3. The maximum absolute atomic E-state index is 12.0. The molecule has 0 rings (SSSR count). The summed E-state index contributed by atoms with van der Waals surface area (Å²) in [6, 6.07) is 0. The molecule has 0 atom stereocenters. The summed E-state index contributed by atoms with van der Waals surface area (Å²) in [5.41, 5.74) is 0. The summed E-state index contributed by atoms with van der Waals surface area (Å²) in [4.78, 5) is 10.2. The molecule has 0 spiro atoms. The first-order chi connectivity index (χ1) is 6.39. The molecule has 0 aliphatic carbocycles. The number of hydrogen-bond acceptors (Lipinski definition) is 4. The van der Waals surface area contributed by atoms with Gasteiger partial charge < -0.3 is 13.8 Å². The average Bonchev–Trinajstić information content (AvgIpc) is 1.97. The van der Waals surface area contributed by atoms with Gasteiger partial charge in [0.15, 0.2) is 0 Å². The van der Waals surface area contributed by atoms with E-state index in [0.717, 1.165) is 6.29 Å². The molecule has 4 nitrogen and oxygen atoms in total. The molecule has 5 heteroatoms. The van der Waals surface area contributed by atoms with Gasteiger partial charge in [0.1, 0.15) is 6.29 Å². The van der Waals surface area contributed by atoms with E-state index in [9.17, 15) is 9.36 Å². The summed E-state index contributed by atoms with van der Waals surface area (Å²) < 4.78 is 22.4. The Labute approximate surface area is 85.5 Å². The summed E-state index contributed by atoms with van der Waals surface area (Å²) in [5.74, 6) is 0. The fourth-order valence-electron chi connectivity index (χ4n) is 0.983. The van der Waals surface area contributed by atoms with Crippen LogP contribution < -0.4 is 0 Å². The van der Waals surface area contributed by atoms with E-state index < -0.39 is 7.60 Å². The largest absolute Gasteiger partial charge is 0.331 e. The van der Waals surface area contributed by atoms with Crippen molar-refractivity contribution < 1.29 is 18.4 Å². The van der Waals surface area contributed by atoms with Crippen molar-refractivity contribution in [1.82, 2.24) is 0 Å². The van der Waals surface area contributed by atoms with E-state index >= 15 is 0 Å². The van der Waals surface area contributed by atoms with Crippen molar-refractivity contribution in [3.05, 3.63) is 0 Å². The topological polar surface area (TPSA) is 52.6 Å². The second-order valence-electron chi connectivity index (χ2n) is 3.60. The third-order valence-corrected chi connectivity index (χ3v) is 3.56. The number of aldehydes is 1. The maximum Gasteiger partial charge on any atom is 0.331 e. The fourth-order valence-corrected chi connectivity index (χ4v) is 2.95. The van der Waals surface area contributed by atoms with E-state index in [0.29, 0.717) is 0 Å². The Morgan fingerprint density at radius 3 is 1.86 bits per heavy atom. The molecule has 0 amide bonds. The minimum Gasteiger partial charge on any atom is -0.306 e. The van der Waals surface area contributed by atoms with E-state index in [1.807, 2.05) is 0 Å². The van der Waals surface area contributed by atoms with Crippen molar-refractivity contribution in [3.63, 3.8) is 0 Å². The van der Waals surface area contributed by atoms with Gasteiger partial charge in [0.05, 0.1) is 18.4 Å². The van der Waals surface area contributed by atoms with Crippen molar-refractivity contribution in [2.45, 2.75) is 46.3 Å². The van der Waals surface area contributed by atoms with E-state index in [1.165, 1.54) is 0 Å². The van der Waals surface area contributed by atoms with Gasteiger partial charge in [-0.05, 0) is 27.7 Å². The second kappa shape index (κ2) is 6.33. The van der Waals surface area contributed by atoms with Crippen LogP contribution in [0, 0.1) is 0 Å². The van der Waals surface area contributed by atoms with Crippen molar-refractivity contribution >= 4 is 13.9 Å². The monoisotopic (exact) mass is 222 g/mol. The maximum atomic E-state index is 12.0. The van der Waals surface area contributed by atoms with Crippen molar-refractivity contribution in [3.8, 4) is 0 Å². The highest BCUT2D eigenvalue weighted by atomic mass is 31.2. The zero-order valence-electron chi connectivity index (χ0n) is 9.23. The van der Waals surface area contributed by atoms with Gasteiger partial charge in [-0.15, -0.1) is 0 Å². The third-order valence-electron chi connectivity index (χ3n) is 1.26. The molecule has 0 fully saturated rings. The molecule has 0 aliphatic heterocycles. The second-order valence-corrected chi connectivity index (χ2v) is 5.69. The van der Waals surface area contributed by atoms with Gasteiger partial charge in [0.25, 0.3) is 0 Å². The van der Waals surface area contributed by atoms with E-state index in [2.05, 4.69) is 0 Å². The van der Waals surface area contributed by atoms with E-state index in [4.69, 9.17) is 9.05 Å². The third kappa shape index (κ3) is 6.30. The normalized spacial score (nSPS) is 12.4. The van der Waals surface area contributed by atoms with Crippen LogP contribution in [0.2, 0.25) is 0 Å². The molecule has 0 aromatic rings. The summed E-state index contributed by atoms with van der Waals surface area (Å²) in [5, 5.41) is 0. The Morgan fingerprint density at radius 1 is 1.14 bits per heavy atom. The smallest absolute Gasteiger partial charge is 0.306 e. The van der Waals surface area contributed by atoms with Crippen LogP contribution in [0.4, 0.5) is 0 Å². The van der Waals surface area contributed by atoms with Gasteiger partial charge in [0.2, 0.25) is 0 Å². The van der Waals surface area contributed by atoms with Gasteiger partial charge in [-0.1, -0.05) is 0 Å². The zero-order chi connectivity index (χ0) is 11.2. The highest BCUT2D eigenvalue weighted by molar-refractivity contribution is 7.53. The van der Waals surface area contributed by atoms with Crippen LogP contribution >= 0.6 is 7.60 Å². The lowest BCUT2D eigenvalue weighted by Crippen LogP contribution is -2.10. The molecule has 84 valence electrons. The fraction of sp³-hybridized carbons (Fsp3) is 0.889. The lowest BCUT2D eigenvalue weighted by Gasteiger charge is -2.21. The molecule has 0 saturated heterocycles. The van der Waals surface area contributed by atoms with Crippen molar-refractivity contribution in [2.75, 3.05) is 6.16 Å². The summed E-state index contributed by atoms with van der Waals surface area (Å²) in [6.45, 7) is 7.16. The molecule has 0 aromatic carbocycles. The number of rotatable bonds is 7. The first kappa shape index (κ1) is 13.8. The molecule has 0 N–H and O–H groups in total. The summed E-state index contributed by atoms with van der Waals surface area (Å²) in [7, 11) is -3.08. The molecule has 0 aliphatic rings. The number of carbonyl (C=O) groups excluding carboxylic acids is 1. The van der Waals surface area contributed by atoms with Crippen LogP contribution in [0.1, 0.15) is 34.1 Å². The van der Waals surface area contributed by atoms with Crippen molar-refractivity contribution in [2.24, 2.45) is 0 Å². The van der Waals surface area contributed by atoms with Crippen LogP contribution in [0.15, 0.2) is 0 Å². The van der Waals surface area contributed by atoms with Crippen LogP contribution in [0.5, 0.6) is 0 Å². The summed E-state index contributed by atoms with van der Waals surface area (Å²) >= 11 is 0. The Morgan fingerprint density at radius 2 is 1.57 bits per heavy atom. The molecular formula is C9H19O4P. The minimum absolute atomic E-state index is 0.160. The number of carbonyl (C=O) groups is 1. The Bertz CT molecular complexity index is 199. The lowest BCUT2D eigenvalue weighted by atomic mass is 10.5. The van der Waals surface area contributed by atoms with Gasteiger partial charge in [-0.25, -0.2) is 0 Å². The molecule has 0 unspecified atom stereocenters. The first-order valence-electron chi connectivity index (χ1n) is 4.79. The predicted molar refractivity (Wildman–Crippen MR) is 55.6 cm³/mol. The van der Waals surface area contributed by atoms with E-state index in [-0.39, 0.29) is 24.8 Å². The van der Waals surface area contributed by atoms with Crippen LogP contribution in [-0.4, -0.2) is 24.7 Å². The van der Waals surface area contributed by atoms with Crippen LogP contribution in [0.25, 0.3) is 0 Å². The van der Waals surface area contributed by atoms with Crippen LogP contribution in [-0.2, 0) is 18.4 Å². The molecule has 0 radical (unpaired) electrons. The van der Waals surface area contributed by atoms with Crippen molar-refractivity contribution in [1.29, 1.82) is 0 Å².